The van der Waals surface area contributed by atoms with Crippen LogP contribution in [0, 0.1) is 5.92 Å². The fraction of sp³-hybridized carbons (Fsp3) is 0.800. The highest BCUT2D eigenvalue weighted by Gasteiger charge is 2.48. The molecule has 1 aromatic rings. The maximum atomic E-state index is 13.8. The number of fused-ring (bicyclic) bond motifs is 1. The first kappa shape index (κ1) is 21.0. The highest BCUT2D eigenvalue weighted by Crippen LogP contribution is 2.43. The lowest BCUT2D eigenvalue weighted by Gasteiger charge is -2.41. The lowest BCUT2D eigenvalue weighted by Crippen LogP contribution is -2.49. The monoisotopic (exact) mass is 400 g/mol. The van der Waals surface area contributed by atoms with Gasteiger partial charge in [0.25, 0.3) is 0 Å². The van der Waals surface area contributed by atoms with E-state index in [1.54, 1.807) is 6.07 Å². The molecule has 1 aromatic heterocycles. The van der Waals surface area contributed by atoms with Gasteiger partial charge in [0.15, 0.2) is 6.04 Å². The number of amides is 1. The molecule has 2 aliphatic rings. The lowest BCUT2D eigenvalue weighted by molar-refractivity contribution is -0.175. The van der Waals surface area contributed by atoms with Crippen LogP contribution < -0.4 is 5.32 Å². The van der Waals surface area contributed by atoms with Crippen LogP contribution in [0.5, 0.6) is 0 Å². The van der Waals surface area contributed by atoms with E-state index in [0.717, 1.165) is 23.9 Å². The average molecular weight is 400 g/mol. The van der Waals surface area contributed by atoms with Crippen molar-refractivity contribution in [3.63, 3.8) is 0 Å². The Labute approximate surface area is 164 Å². The van der Waals surface area contributed by atoms with Crippen molar-refractivity contribution in [2.75, 3.05) is 18.4 Å². The number of nitrogens with one attached hydrogen (secondary N) is 1. The van der Waals surface area contributed by atoms with Crippen LogP contribution in [0.25, 0.3) is 0 Å². The van der Waals surface area contributed by atoms with Crippen molar-refractivity contribution in [2.45, 2.75) is 83.5 Å². The molecule has 0 radical (unpaired) electrons. The Morgan fingerprint density at radius 2 is 2.04 bits per heavy atom. The first-order valence-electron chi connectivity index (χ1n) is 10.2. The summed E-state index contributed by atoms with van der Waals surface area (Å²) < 4.78 is 42.6. The standard InChI is InChI=1S/C20H31F3N4O/c1-5-7-18(28)26-9-6-8-13(12-26)14-10-16(20(21,22)23)27-17(24-14)11-15(25-27)19(2,3)4/h11,13-14,16,24H,5-10,12H2,1-4H3/t13?,14-,16+/m0/s1. The molecule has 0 saturated carbocycles. The second kappa shape index (κ2) is 7.59. The lowest BCUT2D eigenvalue weighted by atomic mass is 9.85. The number of halogens is 3. The first-order chi connectivity index (χ1) is 13.0. The zero-order chi connectivity index (χ0) is 20.7. The number of aromatic nitrogens is 2. The summed E-state index contributed by atoms with van der Waals surface area (Å²) in [5.74, 6) is 0.553. The van der Waals surface area contributed by atoms with E-state index in [1.165, 1.54) is 0 Å². The summed E-state index contributed by atoms with van der Waals surface area (Å²) in [7, 11) is 0. The van der Waals surface area contributed by atoms with Crippen LogP contribution in [0.1, 0.15) is 71.5 Å². The summed E-state index contributed by atoms with van der Waals surface area (Å²) in [5, 5.41) is 7.60. The minimum atomic E-state index is -4.36. The van der Waals surface area contributed by atoms with Crippen molar-refractivity contribution >= 4 is 11.7 Å². The number of carbonyl (C=O) groups excluding carboxylic acids is 1. The van der Waals surface area contributed by atoms with E-state index in [1.807, 2.05) is 32.6 Å². The molecule has 1 saturated heterocycles. The largest absolute Gasteiger partial charge is 0.410 e. The molecule has 5 nitrogen and oxygen atoms in total. The molecule has 0 aliphatic carbocycles. The van der Waals surface area contributed by atoms with Crippen molar-refractivity contribution in [3.05, 3.63) is 11.8 Å². The van der Waals surface area contributed by atoms with E-state index < -0.39 is 12.2 Å². The summed E-state index contributed by atoms with van der Waals surface area (Å²) in [6.45, 7) is 9.03. The van der Waals surface area contributed by atoms with Gasteiger partial charge < -0.3 is 10.2 Å². The zero-order valence-electron chi connectivity index (χ0n) is 17.1. The van der Waals surface area contributed by atoms with Gasteiger partial charge in [0, 0.05) is 37.0 Å². The Bertz CT molecular complexity index is 707. The molecule has 0 bridgehead atoms. The molecule has 28 heavy (non-hydrogen) atoms. The molecule has 1 fully saturated rings. The smallest absolute Gasteiger partial charge is 0.367 e. The van der Waals surface area contributed by atoms with E-state index in [0.29, 0.717) is 31.0 Å². The summed E-state index contributed by atoms with van der Waals surface area (Å²) >= 11 is 0. The van der Waals surface area contributed by atoms with Crippen molar-refractivity contribution in [1.82, 2.24) is 14.7 Å². The number of hydrogen-bond acceptors (Lipinski definition) is 3. The number of hydrogen-bond donors (Lipinski definition) is 1. The number of alkyl halides is 3. The SMILES string of the molecule is CCCC(=O)N1CCCC([C@@H]2C[C@H](C(F)(F)F)n3nc(C(C)(C)C)cc3N2)C1. The summed E-state index contributed by atoms with van der Waals surface area (Å²) in [6, 6.07) is -0.208. The number of likely N-dealkylation sites (tertiary alicyclic amines) is 1. The third-order valence-corrected chi connectivity index (χ3v) is 5.83. The van der Waals surface area contributed by atoms with Gasteiger partial charge in [-0.25, -0.2) is 4.68 Å². The first-order valence-corrected chi connectivity index (χ1v) is 10.2. The van der Waals surface area contributed by atoms with Gasteiger partial charge in [-0.2, -0.15) is 18.3 Å². The normalized spacial score (nSPS) is 26.0. The number of nitrogens with zero attached hydrogens (tertiary/aromatic N) is 3. The topological polar surface area (TPSA) is 50.2 Å². The molecule has 158 valence electrons. The molecule has 1 N–H and O–H groups in total. The number of anilines is 1. The van der Waals surface area contributed by atoms with E-state index >= 15 is 0 Å². The van der Waals surface area contributed by atoms with Gasteiger partial charge in [-0.1, -0.05) is 27.7 Å². The predicted octanol–water partition coefficient (Wildman–Crippen LogP) is 4.51. The van der Waals surface area contributed by atoms with E-state index in [-0.39, 0.29) is 29.7 Å². The molecular weight excluding hydrogens is 369 g/mol. The third-order valence-electron chi connectivity index (χ3n) is 5.83. The minimum Gasteiger partial charge on any atom is -0.367 e. The van der Waals surface area contributed by atoms with E-state index in [9.17, 15) is 18.0 Å². The second-order valence-electron chi connectivity index (χ2n) is 9.15. The minimum absolute atomic E-state index is 0.0149. The van der Waals surface area contributed by atoms with Crippen LogP contribution in [0.15, 0.2) is 6.07 Å². The Morgan fingerprint density at radius 1 is 1.32 bits per heavy atom. The van der Waals surface area contributed by atoms with Crippen LogP contribution in [0.3, 0.4) is 0 Å². The summed E-state index contributed by atoms with van der Waals surface area (Å²) in [4.78, 5) is 14.1. The molecule has 8 heteroatoms. The average Bonchev–Trinajstić information content (AvgIpc) is 3.04. The van der Waals surface area contributed by atoms with Crippen LogP contribution in [0.4, 0.5) is 19.0 Å². The van der Waals surface area contributed by atoms with Crippen LogP contribution in [0.2, 0.25) is 0 Å². The highest BCUT2D eigenvalue weighted by molar-refractivity contribution is 5.76. The van der Waals surface area contributed by atoms with Gasteiger partial charge in [-0.15, -0.1) is 0 Å². The molecule has 3 atom stereocenters. The van der Waals surface area contributed by atoms with Gasteiger partial charge in [0.1, 0.15) is 5.82 Å². The number of carbonyl (C=O) groups is 1. The number of rotatable bonds is 3. The summed E-state index contributed by atoms with van der Waals surface area (Å²) in [5.41, 5.74) is 0.319. The molecule has 1 amide bonds. The van der Waals surface area contributed by atoms with Crippen molar-refractivity contribution < 1.29 is 18.0 Å². The molecule has 3 rings (SSSR count). The molecule has 0 aromatic carbocycles. The molecule has 3 heterocycles. The van der Waals surface area contributed by atoms with E-state index in [4.69, 9.17) is 0 Å². The van der Waals surface area contributed by atoms with Crippen LogP contribution in [-0.4, -0.2) is 45.9 Å². The van der Waals surface area contributed by atoms with Crippen molar-refractivity contribution in [2.24, 2.45) is 5.92 Å². The molecule has 2 aliphatic heterocycles. The van der Waals surface area contributed by atoms with Gasteiger partial charge in [0.05, 0.1) is 5.69 Å². The molecular formula is C20H31F3N4O. The van der Waals surface area contributed by atoms with Crippen LogP contribution >= 0.6 is 0 Å². The zero-order valence-corrected chi connectivity index (χ0v) is 17.1. The van der Waals surface area contributed by atoms with Gasteiger partial charge in [0.2, 0.25) is 5.91 Å². The van der Waals surface area contributed by atoms with Crippen LogP contribution in [-0.2, 0) is 10.2 Å². The van der Waals surface area contributed by atoms with Gasteiger partial charge in [-0.3, -0.25) is 4.79 Å². The fourth-order valence-corrected chi connectivity index (χ4v) is 4.22. The Kier molecular flexibility index (Phi) is 5.69. The Balaban J connectivity index is 1.84. The Morgan fingerprint density at radius 3 is 2.64 bits per heavy atom. The maximum Gasteiger partial charge on any atom is 0.410 e. The van der Waals surface area contributed by atoms with Crippen molar-refractivity contribution in [1.29, 1.82) is 0 Å². The number of piperidine rings is 1. The summed E-state index contributed by atoms with van der Waals surface area (Å²) in [6.07, 6.45) is -1.46. The highest BCUT2D eigenvalue weighted by atomic mass is 19.4. The van der Waals surface area contributed by atoms with Crippen molar-refractivity contribution in [3.8, 4) is 0 Å². The quantitative estimate of drug-likeness (QED) is 0.812. The fourth-order valence-electron chi connectivity index (χ4n) is 4.22. The second-order valence-corrected chi connectivity index (χ2v) is 9.15. The molecule has 0 spiro atoms. The van der Waals surface area contributed by atoms with E-state index in [2.05, 4.69) is 10.4 Å². The predicted molar refractivity (Wildman–Crippen MR) is 102 cm³/mol. The maximum absolute atomic E-state index is 13.8. The molecule has 1 unspecified atom stereocenters. The van der Waals surface area contributed by atoms with Gasteiger partial charge >= 0.3 is 6.18 Å². The Hall–Kier alpha value is -1.73. The van der Waals surface area contributed by atoms with Gasteiger partial charge in [-0.05, 0) is 31.6 Å². The third kappa shape index (κ3) is 4.30.